The van der Waals surface area contributed by atoms with E-state index < -0.39 is 41.3 Å². The molecule has 1 amide bonds. The number of aryl methyl sites for hydroxylation is 1. The molecule has 2 atom stereocenters. The molecule has 9 heteroatoms. The first kappa shape index (κ1) is 26.6. The van der Waals surface area contributed by atoms with E-state index in [0.717, 1.165) is 6.92 Å². The van der Waals surface area contributed by atoms with Gasteiger partial charge in [-0.1, -0.05) is 42.8 Å². The molecule has 0 aliphatic heterocycles. The first-order chi connectivity index (χ1) is 15.2. The minimum Gasteiger partial charge on any atom is -0.460 e. The number of hydrogen-bond acceptors (Lipinski definition) is 3. The third kappa shape index (κ3) is 7.74. The van der Waals surface area contributed by atoms with Crippen molar-refractivity contribution in [1.82, 2.24) is 0 Å². The quantitative estimate of drug-likeness (QED) is 0.350. The first-order valence-corrected chi connectivity index (χ1v) is 10.7. The molecule has 0 heterocycles. The van der Waals surface area contributed by atoms with Crippen molar-refractivity contribution in [2.45, 2.75) is 58.2 Å². The number of benzene rings is 2. The van der Waals surface area contributed by atoms with E-state index in [1.807, 2.05) is 0 Å². The van der Waals surface area contributed by atoms with Crippen LogP contribution in [-0.2, 0) is 20.7 Å². The molecule has 0 aliphatic rings. The lowest BCUT2D eigenvalue weighted by Crippen LogP contribution is -2.34. The van der Waals surface area contributed by atoms with Crippen molar-refractivity contribution in [2.75, 3.05) is 5.32 Å². The molecule has 0 bridgehead atoms. The van der Waals surface area contributed by atoms with E-state index >= 15 is 0 Å². The van der Waals surface area contributed by atoms with Crippen LogP contribution >= 0.6 is 11.6 Å². The number of ether oxygens (including phenoxy) is 1. The highest BCUT2D eigenvalue weighted by Crippen LogP contribution is 2.38. The lowest BCUT2D eigenvalue weighted by atomic mass is 9.86. The minimum absolute atomic E-state index is 0.00399. The van der Waals surface area contributed by atoms with Gasteiger partial charge in [-0.3, -0.25) is 9.59 Å². The molecule has 0 aromatic heterocycles. The smallest absolute Gasteiger partial charge is 0.392 e. The normalized spacial score (nSPS) is 13.8. The topological polar surface area (TPSA) is 55.4 Å². The monoisotopic (exact) mass is 487 g/mol. The summed E-state index contributed by atoms with van der Waals surface area (Å²) >= 11 is 5.82. The Hall–Kier alpha value is -2.61. The number of esters is 1. The van der Waals surface area contributed by atoms with Crippen molar-refractivity contribution in [3.63, 3.8) is 0 Å². The fourth-order valence-electron chi connectivity index (χ4n) is 3.24. The molecule has 0 saturated carbocycles. The van der Waals surface area contributed by atoms with Crippen LogP contribution < -0.4 is 5.32 Å². The van der Waals surface area contributed by atoms with E-state index in [0.29, 0.717) is 5.02 Å². The zero-order valence-corrected chi connectivity index (χ0v) is 19.5. The van der Waals surface area contributed by atoms with Gasteiger partial charge in [0.25, 0.3) is 0 Å². The van der Waals surface area contributed by atoms with E-state index in [1.54, 1.807) is 20.8 Å². The second-order valence-electron chi connectivity index (χ2n) is 8.71. The predicted molar refractivity (Wildman–Crippen MR) is 119 cm³/mol. The minimum atomic E-state index is -4.66. The molecular weight excluding hydrogens is 462 g/mol. The van der Waals surface area contributed by atoms with E-state index in [1.165, 1.54) is 42.5 Å². The van der Waals surface area contributed by atoms with Crippen LogP contribution in [0.5, 0.6) is 0 Å². The van der Waals surface area contributed by atoms with Gasteiger partial charge in [-0.2, -0.15) is 13.2 Å². The summed E-state index contributed by atoms with van der Waals surface area (Å²) in [5.74, 6) is -5.99. The summed E-state index contributed by atoms with van der Waals surface area (Å²) in [7, 11) is 0. The van der Waals surface area contributed by atoms with Crippen LogP contribution in [0.3, 0.4) is 0 Å². The van der Waals surface area contributed by atoms with Gasteiger partial charge in [0.05, 0.1) is 17.5 Å². The van der Waals surface area contributed by atoms with Gasteiger partial charge in [-0.15, -0.1) is 0 Å². The standard InChI is InChI=1S/C24H26ClF4NO3/c1-14(24(27,28)29)20(15-8-11-17(25)12-9-15)22(32)30-18-7-5-6-16(21(18)26)10-13-19(31)33-23(2,3)4/h5-9,11-12,14,20H,10,13H2,1-4H3,(H,30,32). The molecule has 0 spiro atoms. The van der Waals surface area contributed by atoms with Crippen molar-refractivity contribution in [1.29, 1.82) is 0 Å². The van der Waals surface area contributed by atoms with Crippen molar-refractivity contribution in [3.8, 4) is 0 Å². The predicted octanol–water partition coefficient (Wildman–Crippen LogP) is 6.67. The summed E-state index contributed by atoms with van der Waals surface area (Å²) in [6.07, 6.45) is -4.75. The second kappa shape index (κ2) is 10.5. The van der Waals surface area contributed by atoms with Gasteiger partial charge < -0.3 is 10.1 Å². The molecule has 2 aromatic rings. The van der Waals surface area contributed by atoms with Crippen molar-refractivity contribution in [2.24, 2.45) is 5.92 Å². The Morgan fingerprint density at radius 3 is 2.21 bits per heavy atom. The fourth-order valence-corrected chi connectivity index (χ4v) is 3.36. The number of halogens is 5. The lowest BCUT2D eigenvalue weighted by Gasteiger charge is -2.26. The van der Waals surface area contributed by atoms with Gasteiger partial charge in [0.2, 0.25) is 5.91 Å². The third-order valence-electron chi connectivity index (χ3n) is 4.88. The van der Waals surface area contributed by atoms with Gasteiger partial charge in [-0.05, 0) is 56.5 Å². The summed E-state index contributed by atoms with van der Waals surface area (Å²) < 4.78 is 60.6. The molecular formula is C24H26ClF4NO3. The van der Waals surface area contributed by atoms with Gasteiger partial charge in [0.1, 0.15) is 11.4 Å². The van der Waals surface area contributed by atoms with E-state index in [9.17, 15) is 27.2 Å². The van der Waals surface area contributed by atoms with Gasteiger partial charge in [-0.25, -0.2) is 4.39 Å². The molecule has 2 rings (SSSR count). The molecule has 0 aliphatic carbocycles. The van der Waals surface area contributed by atoms with Gasteiger partial charge >= 0.3 is 12.1 Å². The van der Waals surface area contributed by atoms with Crippen molar-refractivity contribution >= 4 is 29.2 Å². The maximum absolute atomic E-state index is 15.0. The molecule has 2 aromatic carbocycles. The van der Waals surface area contributed by atoms with E-state index in [-0.39, 0.29) is 29.7 Å². The number of anilines is 1. The third-order valence-corrected chi connectivity index (χ3v) is 5.13. The van der Waals surface area contributed by atoms with E-state index in [4.69, 9.17) is 16.3 Å². The maximum Gasteiger partial charge on any atom is 0.392 e. The number of amides is 1. The SMILES string of the molecule is CC(C(C(=O)Nc1cccc(CCC(=O)OC(C)(C)C)c1F)c1ccc(Cl)cc1)C(F)(F)F. The van der Waals surface area contributed by atoms with Crippen molar-refractivity contribution in [3.05, 3.63) is 64.4 Å². The summed E-state index contributed by atoms with van der Waals surface area (Å²) in [4.78, 5) is 24.8. The first-order valence-electron chi connectivity index (χ1n) is 10.3. The molecule has 0 fully saturated rings. The Balaban J connectivity index is 2.24. The molecule has 0 radical (unpaired) electrons. The summed E-state index contributed by atoms with van der Waals surface area (Å²) in [6, 6.07) is 9.58. The average Bonchev–Trinajstić information content (AvgIpc) is 2.68. The van der Waals surface area contributed by atoms with Crippen LogP contribution in [-0.4, -0.2) is 23.7 Å². The zero-order valence-electron chi connectivity index (χ0n) is 18.7. The zero-order chi connectivity index (χ0) is 25.0. The Morgan fingerprint density at radius 2 is 1.67 bits per heavy atom. The molecule has 180 valence electrons. The molecule has 33 heavy (non-hydrogen) atoms. The number of nitrogens with one attached hydrogen (secondary N) is 1. The summed E-state index contributed by atoms with van der Waals surface area (Å²) in [5.41, 5.74) is -0.721. The van der Waals surface area contributed by atoms with Crippen molar-refractivity contribution < 1.29 is 31.9 Å². The van der Waals surface area contributed by atoms with Crippen LogP contribution in [0.2, 0.25) is 5.02 Å². The highest BCUT2D eigenvalue weighted by molar-refractivity contribution is 6.30. The highest BCUT2D eigenvalue weighted by atomic mass is 35.5. The number of rotatable bonds is 7. The summed E-state index contributed by atoms with van der Waals surface area (Å²) in [6.45, 7) is 6.02. The molecule has 2 unspecified atom stereocenters. The molecule has 4 nitrogen and oxygen atoms in total. The largest absolute Gasteiger partial charge is 0.460 e. The molecule has 1 N–H and O–H groups in total. The second-order valence-corrected chi connectivity index (χ2v) is 9.15. The summed E-state index contributed by atoms with van der Waals surface area (Å²) in [5, 5.41) is 2.59. The van der Waals surface area contributed by atoms with E-state index in [2.05, 4.69) is 5.32 Å². The van der Waals surface area contributed by atoms with Gasteiger partial charge in [0.15, 0.2) is 0 Å². The Morgan fingerprint density at radius 1 is 1.06 bits per heavy atom. The number of alkyl halides is 3. The maximum atomic E-state index is 15.0. The molecule has 0 saturated heterocycles. The Kier molecular flexibility index (Phi) is 8.52. The fraction of sp³-hybridized carbons (Fsp3) is 0.417. The Labute approximate surface area is 195 Å². The van der Waals surface area contributed by atoms with Crippen LogP contribution in [0.4, 0.5) is 23.2 Å². The Bertz CT molecular complexity index is 985. The number of hydrogen-bond donors (Lipinski definition) is 1. The van der Waals surface area contributed by atoms with Crippen LogP contribution in [0.15, 0.2) is 42.5 Å². The van der Waals surface area contributed by atoms with Gasteiger partial charge in [0, 0.05) is 11.4 Å². The van der Waals surface area contributed by atoms with Crippen LogP contribution in [0.25, 0.3) is 0 Å². The van der Waals surface area contributed by atoms with Crippen LogP contribution in [0, 0.1) is 11.7 Å². The number of carbonyl (C=O) groups is 2. The number of carbonyl (C=O) groups excluding carboxylic acids is 2. The van der Waals surface area contributed by atoms with Crippen LogP contribution in [0.1, 0.15) is 51.2 Å². The lowest BCUT2D eigenvalue weighted by molar-refractivity contribution is -0.178. The average molecular weight is 488 g/mol. The highest BCUT2D eigenvalue weighted by Gasteiger charge is 2.45.